The van der Waals surface area contributed by atoms with Gasteiger partial charge in [0, 0.05) is 72.3 Å². The summed E-state index contributed by atoms with van der Waals surface area (Å²) in [5.41, 5.74) is 3.11. The van der Waals surface area contributed by atoms with Crippen LogP contribution in [0.1, 0.15) is 60.7 Å². The number of hydrogen-bond donors (Lipinski definition) is 3. The molecule has 3 aromatic carbocycles. The lowest BCUT2D eigenvalue weighted by Crippen LogP contribution is -2.28. The van der Waals surface area contributed by atoms with Crippen LogP contribution in [0.5, 0.6) is 11.6 Å². The Morgan fingerprint density at radius 2 is 1.67 bits per heavy atom. The normalized spacial score (nSPS) is 11.3. The van der Waals surface area contributed by atoms with Gasteiger partial charge in [0.1, 0.15) is 17.4 Å². The Bertz CT molecular complexity index is 2100. The van der Waals surface area contributed by atoms with E-state index in [2.05, 4.69) is 57.7 Å². The van der Waals surface area contributed by atoms with Crippen LogP contribution in [0.4, 0.5) is 16.3 Å². The third-order valence-electron chi connectivity index (χ3n) is 8.24. The molecule has 0 bridgehead atoms. The summed E-state index contributed by atoms with van der Waals surface area (Å²) in [4.78, 5) is 35.2. The molecular formula is C41H47N7O6. The van der Waals surface area contributed by atoms with Gasteiger partial charge in [0.15, 0.2) is 0 Å². The molecule has 0 unspecified atom stereocenters. The number of carbonyl (C=O) groups excluding carboxylic acids is 2. The molecule has 0 atom stereocenters. The SMILES string of the molecule is C#Cc1cc(Cc2nccc(Oc3ccc(NC(=O)Nc4cc(C(C)(C)C)nn4CC)c4ccccc34)n2)cc(C(=O)NCCOCCOCCOC)c1. The number of ether oxygens (including phenoxy) is 4. The summed E-state index contributed by atoms with van der Waals surface area (Å²) in [7, 11) is 1.62. The van der Waals surface area contributed by atoms with Gasteiger partial charge in [0.2, 0.25) is 5.88 Å². The van der Waals surface area contributed by atoms with Gasteiger partial charge in [-0.3, -0.25) is 10.1 Å². The summed E-state index contributed by atoms with van der Waals surface area (Å²) in [6.07, 6.45) is 7.66. The number of carbonyl (C=O) groups is 2. The molecule has 2 aromatic heterocycles. The summed E-state index contributed by atoms with van der Waals surface area (Å²) in [5, 5.41) is 15.0. The van der Waals surface area contributed by atoms with Crippen LogP contribution >= 0.6 is 0 Å². The molecule has 5 rings (SSSR count). The van der Waals surface area contributed by atoms with E-state index in [9.17, 15) is 9.59 Å². The van der Waals surface area contributed by atoms with Gasteiger partial charge in [-0.25, -0.2) is 14.5 Å². The molecule has 0 saturated heterocycles. The number of urea groups is 1. The maximum atomic E-state index is 13.2. The molecule has 3 N–H and O–H groups in total. The van der Waals surface area contributed by atoms with Crippen LogP contribution in [0, 0.1) is 12.3 Å². The molecule has 0 spiro atoms. The molecular weight excluding hydrogens is 686 g/mol. The Morgan fingerprint density at radius 3 is 2.41 bits per heavy atom. The van der Waals surface area contributed by atoms with Crippen LogP contribution in [0.3, 0.4) is 0 Å². The number of nitrogens with zero attached hydrogens (tertiary/aromatic N) is 4. The van der Waals surface area contributed by atoms with Crippen LogP contribution in [0.25, 0.3) is 10.8 Å². The molecule has 3 amide bonds. The lowest BCUT2D eigenvalue weighted by molar-refractivity contribution is 0.0255. The van der Waals surface area contributed by atoms with Crippen LogP contribution in [-0.4, -0.2) is 78.4 Å². The van der Waals surface area contributed by atoms with Crippen molar-refractivity contribution in [2.45, 2.75) is 46.1 Å². The number of fused-ring (bicyclic) bond motifs is 1. The third kappa shape index (κ3) is 10.9. The van der Waals surface area contributed by atoms with Gasteiger partial charge in [-0.05, 0) is 42.8 Å². The van der Waals surface area contributed by atoms with Gasteiger partial charge in [0.25, 0.3) is 5.91 Å². The number of rotatable bonds is 17. The zero-order valence-electron chi connectivity index (χ0n) is 31.4. The van der Waals surface area contributed by atoms with Gasteiger partial charge in [0.05, 0.1) is 44.4 Å². The molecule has 5 aromatic rings. The van der Waals surface area contributed by atoms with E-state index in [-0.39, 0.29) is 17.4 Å². The van der Waals surface area contributed by atoms with E-state index in [1.54, 1.807) is 48.3 Å². The molecule has 0 aliphatic carbocycles. The van der Waals surface area contributed by atoms with E-state index in [1.807, 2.05) is 43.3 Å². The number of anilines is 2. The number of methoxy groups -OCH3 is 1. The van der Waals surface area contributed by atoms with Crippen molar-refractivity contribution in [3.05, 3.63) is 101 Å². The molecule has 282 valence electrons. The number of hydrogen-bond acceptors (Lipinski definition) is 9. The Labute approximate surface area is 315 Å². The lowest BCUT2D eigenvalue weighted by Gasteiger charge is -2.14. The molecule has 0 aliphatic rings. The highest BCUT2D eigenvalue weighted by atomic mass is 16.5. The minimum Gasteiger partial charge on any atom is -0.438 e. The molecule has 0 fully saturated rings. The largest absolute Gasteiger partial charge is 0.438 e. The molecule has 0 radical (unpaired) electrons. The second-order valence-corrected chi connectivity index (χ2v) is 13.3. The van der Waals surface area contributed by atoms with E-state index >= 15 is 0 Å². The van der Waals surface area contributed by atoms with Crippen molar-refractivity contribution in [1.82, 2.24) is 25.1 Å². The number of benzene rings is 3. The molecule has 0 saturated carbocycles. The smallest absolute Gasteiger partial charge is 0.324 e. The summed E-state index contributed by atoms with van der Waals surface area (Å²) < 4.78 is 23.9. The van der Waals surface area contributed by atoms with Crippen LogP contribution in [0.2, 0.25) is 0 Å². The first kappa shape index (κ1) is 39.4. The standard InChI is InChI=1S/C41H47N7O6/c1-7-28-23-29(25-30(24-28)39(49)43-17-18-52-21-22-53-20-19-51-6)26-36-42-16-15-38(45-36)54-34-14-13-33(31-11-9-10-12-32(31)34)44-40(50)46-37-27-35(41(3,4)5)47-48(37)8-2/h1,9-16,23-25,27H,8,17-22,26H2,2-6H3,(H,43,49)(H2,44,46,50). The van der Waals surface area contributed by atoms with Crippen LogP contribution < -0.4 is 20.7 Å². The van der Waals surface area contributed by atoms with Crippen LogP contribution in [-0.2, 0) is 32.6 Å². The summed E-state index contributed by atoms with van der Waals surface area (Å²) in [6.45, 7) is 11.4. The number of terminal acetylenes is 1. The second-order valence-electron chi connectivity index (χ2n) is 13.3. The minimum atomic E-state index is -0.386. The fourth-order valence-electron chi connectivity index (χ4n) is 5.49. The molecule has 0 aliphatic heterocycles. The van der Waals surface area contributed by atoms with E-state index in [0.717, 1.165) is 22.0 Å². The zero-order valence-corrected chi connectivity index (χ0v) is 31.4. The van der Waals surface area contributed by atoms with Gasteiger partial charge in [-0.15, -0.1) is 6.42 Å². The van der Waals surface area contributed by atoms with E-state index in [0.29, 0.717) is 92.6 Å². The number of aromatic nitrogens is 4. The Balaban J connectivity index is 1.23. The lowest BCUT2D eigenvalue weighted by atomic mass is 9.92. The number of amides is 3. The van der Waals surface area contributed by atoms with E-state index < -0.39 is 0 Å². The predicted octanol–water partition coefficient (Wildman–Crippen LogP) is 6.56. The Kier molecular flexibility index (Phi) is 13.7. The summed E-state index contributed by atoms with van der Waals surface area (Å²) in [6, 6.07) is 19.7. The maximum absolute atomic E-state index is 13.2. The average Bonchev–Trinajstić information content (AvgIpc) is 3.58. The maximum Gasteiger partial charge on any atom is 0.324 e. The van der Waals surface area contributed by atoms with E-state index in [4.69, 9.17) is 25.4 Å². The Hall–Kier alpha value is -5.81. The van der Waals surface area contributed by atoms with Gasteiger partial charge >= 0.3 is 6.03 Å². The topological polar surface area (TPSA) is 151 Å². The fraction of sp³-hybridized carbons (Fsp3) is 0.341. The highest BCUT2D eigenvalue weighted by Gasteiger charge is 2.21. The fourth-order valence-corrected chi connectivity index (χ4v) is 5.49. The van der Waals surface area contributed by atoms with E-state index in [1.165, 1.54) is 0 Å². The molecule has 13 heteroatoms. The van der Waals surface area contributed by atoms with Crippen molar-refractivity contribution in [3.63, 3.8) is 0 Å². The monoisotopic (exact) mass is 733 g/mol. The number of aryl methyl sites for hydroxylation is 1. The van der Waals surface area contributed by atoms with Crippen molar-refractivity contribution >= 4 is 34.2 Å². The molecule has 13 nitrogen and oxygen atoms in total. The quantitative estimate of drug-likeness (QED) is 0.0713. The Morgan fingerprint density at radius 1 is 0.907 bits per heavy atom. The van der Waals surface area contributed by atoms with Gasteiger partial charge < -0.3 is 29.6 Å². The van der Waals surface area contributed by atoms with Crippen molar-refractivity contribution in [1.29, 1.82) is 0 Å². The predicted molar refractivity (Wildman–Crippen MR) is 208 cm³/mol. The first-order valence-corrected chi connectivity index (χ1v) is 17.8. The second kappa shape index (κ2) is 18.8. The van der Waals surface area contributed by atoms with Crippen molar-refractivity contribution < 1.29 is 28.5 Å². The molecule has 54 heavy (non-hydrogen) atoms. The van der Waals surface area contributed by atoms with Crippen LogP contribution in [0.15, 0.2) is 72.9 Å². The average molecular weight is 734 g/mol. The summed E-state index contributed by atoms with van der Waals surface area (Å²) >= 11 is 0. The van der Waals surface area contributed by atoms with Crippen molar-refractivity contribution in [2.24, 2.45) is 0 Å². The number of nitrogens with one attached hydrogen (secondary N) is 3. The highest BCUT2D eigenvalue weighted by molar-refractivity contribution is 6.07. The first-order valence-electron chi connectivity index (χ1n) is 17.8. The third-order valence-corrected chi connectivity index (χ3v) is 8.24. The van der Waals surface area contributed by atoms with Gasteiger partial charge in [-0.2, -0.15) is 10.1 Å². The first-order chi connectivity index (χ1) is 26.1. The van der Waals surface area contributed by atoms with Gasteiger partial charge in [-0.1, -0.05) is 51.0 Å². The minimum absolute atomic E-state index is 0.157. The van der Waals surface area contributed by atoms with Crippen molar-refractivity contribution in [2.75, 3.05) is 57.3 Å². The highest BCUT2D eigenvalue weighted by Crippen LogP contribution is 2.34. The zero-order chi connectivity index (χ0) is 38.5. The van der Waals surface area contributed by atoms with Crippen molar-refractivity contribution in [3.8, 4) is 24.0 Å². The molecule has 2 heterocycles. The summed E-state index contributed by atoms with van der Waals surface area (Å²) in [5.74, 6) is 4.34.